The number of hydrogen-bond acceptors (Lipinski definition) is 3. The Balaban J connectivity index is 0.00000225. The van der Waals surface area contributed by atoms with Crippen LogP contribution in [0.2, 0.25) is 0 Å². The maximum Gasteiger partial charge on any atom is 0.193 e. The summed E-state index contributed by atoms with van der Waals surface area (Å²) in [6, 6.07) is 10.6. The Labute approximate surface area is 168 Å². The summed E-state index contributed by atoms with van der Waals surface area (Å²) in [6.45, 7) is 6.89. The van der Waals surface area contributed by atoms with Gasteiger partial charge in [0.1, 0.15) is 0 Å². The zero-order valence-electron chi connectivity index (χ0n) is 15.4. The van der Waals surface area contributed by atoms with Gasteiger partial charge >= 0.3 is 0 Å². The van der Waals surface area contributed by atoms with Crippen molar-refractivity contribution in [2.45, 2.75) is 19.4 Å². The monoisotopic (exact) mass is 458 g/mol. The fourth-order valence-electron chi connectivity index (χ4n) is 3.75. The van der Waals surface area contributed by atoms with Crippen LogP contribution in [0.15, 0.2) is 35.3 Å². The third-order valence-corrected chi connectivity index (χ3v) is 5.21. The molecule has 1 N–H and O–H groups in total. The average Bonchev–Trinajstić information content (AvgIpc) is 3.23. The lowest BCUT2D eigenvalue weighted by molar-refractivity contribution is 0.156. The number of likely N-dealkylation sites (tertiary alicyclic amines) is 1. The van der Waals surface area contributed by atoms with Crippen molar-refractivity contribution in [3.05, 3.63) is 35.9 Å². The van der Waals surface area contributed by atoms with E-state index in [-0.39, 0.29) is 24.0 Å². The maximum absolute atomic E-state index is 5.62. The molecule has 0 amide bonds. The Bertz CT molecular complexity index is 546. The summed E-state index contributed by atoms with van der Waals surface area (Å²) < 4.78 is 5.62. The second-order valence-corrected chi connectivity index (χ2v) is 7.17. The molecule has 2 fully saturated rings. The number of guanidine groups is 1. The van der Waals surface area contributed by atoms with Gasteiger partial charge in [-0.3, -0.25) is 4.99 Å². The molecule has 2 aliphatic heterocycles. The van der Waals surface area contributed by atoms with Crippen LogP contribution in [0.1, 0.15) is 18.4 Å². The van der Waals surface area contributed by atoms with Crippen LogP contribution in [0.4, 0.5) is 0 Å². The SMILES string of the molecule is CN=C(NCCN(C)Cc1ccccc1)N1CCC2(CCOC2)C1.I. The molecule has 2 aliphatic rings. The molecule has 1 atom stereocenters. The first-order valence-corrected chi connectivity index (χ1v) is 8.97. The van der Waals surface area contributed by atoms with E-state index in [4.69, 9.17) is 4.74 Å². The average molecular weight is 458 g/mol. The molecule has 0 bridgehead atoms. The minimum atomic E-state index is 0. The highest BCUT2D eigenvalue weighted by atomic mass is 127. The molecular formula is C19H31IN4O. The molecular weight excluding hydrogens is 427 g/mol. The van der Waals surface area contributed by atoms with Crippen LogP contribution in [0.3, 0.4) is 0 Å². The Morgan fingerprint density at radius 3 is 2.80 bits per heavy atom. The quantitative estimate of drug-likeness (QED) is 0.418. The highest BCUT2D eigenvalue weighted by molar-refractivity contribution is 14.0. The van der Waals surface area contributed by atoms with Gasteiger partial charge < -0.3 is 19.9 Å². The molecule has 0 aromatic heterocycles. The minimum Gasteiger partial charge on any atom is -0.381 e. The number of aliphatic imine (C=N–C) groups is 1. The number of ether oxygens (including phenoxy) is 1. The van der Waals surface area contributed by atoms with E-state index in [9.17, 15) is 0 Å². The first-order valence-electron chi connectivity index (χ1n) is 8.97. The van der Waals surface area contributed by atoms with E-state index in [1.54, 1.807) is 0 Å². The summed E-state index contributed by atoms with van der Waals surface area (Å²) >= 11 is 0. The fraction of sp³-hybridized carbons (Fsp3) is 0.632. The lowest BCUT2D eigenvalue weighted by Gasteiger charge is -2.25. The maximum atomic E-state index is 5.62. The van der Waals surface area contributed by atoms with Gasteiger partial charge in [0.05, 0.1) is 6.61 Å². The molecule has 25 heavy (non-hydrogen) atoms. The lowest BCUT2D eigenvalue weighted by Crippen LogP contribution is -2.43. The minimum absolute atomic E-state index is 0. The van der Waals surface area contributed by atoms with Gasteiger partial charge in [0.2, 0.25) is 0 Å². The summed E-state index contributed by atoms with van der Waals surface area (Å²) in [4.78, 5) is 9.21. The lowest BCUT2D eigenvalue weighted by atomic mass is 9.87. The highest BCUT2D eigenvalue weighted by Gasteiger charge is 2.42. The van der Waals surface area contributed by atoms with Gasteiger partial charge in [-0.05, 0) is 25.5 Å². The number of benzene rings is 1. The molecule has 5 nitrogen and oxygen atoms in total. The zero-order valence-corrected chi connectivity index (χ0v) is 17.7. The standard InChI is InChI=1S/C19H30N4O.HI/c1-20-18(23-11-8-19(15-23)9-13-24-16-19)21-10-12-22(2)14-17-6-4-3-5-7-17;/h3-7H,8-16H2,1-2H3,(H,20,21);1H. The van der Waals surface area contributed by atoms with Gasteiger partial charge in [0.25, 0.3) is 0 Å². The molecule has 6 heteroatoms. The molecule has 2 heterocycles. The first kappa shape index (κ1) is 20.5. The van der Waals surface area contributed by atoms with Crippen molar-refractivity contribution < 1.29 is 4.74 Å². The van der Waals surface area contributed by atoms with Crippen molar-refractivity contribution in [1.82, 2.24) is 15.1 Å². The van der Waals surface area contributed by atoms with Crippen molar-refractivity contribution in [1.29, 1.82) is 0 Å². The third-order valence-electron chi connectivity index (χ3n) is 5.21. The second kappa shape index (κ2) is 9.73. The van der Waals surface area contributed by atoms with Crippen LogP contribution in [0, 0.1) is 5.41 Å². The Hall–Kier alpha value is -0.860. The van der Waals surface area contributed by atoms with Gasteiger partial charge in [0, 0.05) is 51.8 Å². The summed E-state index contributed by atoms with van der Waals surface area (Å²) in [5.74, 6) is 1.03. The van der Waals surface area contributed by atoms with Gasteiger partial charge in [-0.25, -0.2) is 0 Å². The highest BCUT2D eigenvalue weighted by Crippen LogP contribution is 2.38. The topological polar surface area (TPSA) is 40.1 Å². The van der Waals surface area contributed by atoms with E-state index >= 15 is 0 Å². The van der Waals surface area contributed by atoms with E-state index in [2.05, 4.69) is 57.5 Å². The number of likely N-dealkylation sites (N-methyl/N-ethyl adjacent to an activating group) is 1. The Kier molecular flexibility index (Phi) is 7.96. The molecule has 2 saturated heterocycles. The van der Waals surface area contributed by atoms with E-state index in [0.717, 1.165) is 51.9 Å². The largest absolute Gasteiger partial charge is 0.381 e. The predicted octanol–water partition coefficient (Wildman–Crippen LogP) is 2.42. The second-order valence-electron chi connectivity index (χ2n) is 7.17. The third kappa shape index (κ3) is 5.56. The van der Waals surface area contributed by atoms with Gasteiger partial charge in [-0.15, -0.1) is 24.0 Å². The zero-order chi connectivity index (χ0) is 16.8. The molecule has 1 spiro atoms. The number of halogens is 1. The Morgan fingerprint density at radius 1 is 1.32 bits per heavy atom. The van der Waals surface area contributed by atoms with Crippen LogP contribution < -0.4 is 5.32 Å². The van der Waals surface area contributed by atoms with Crippen molar-refractivity contribution in [3.8, 4) is 0 Å². The summed E-state index contributed by atoms with van der Waals surface area (Å²) in [5, 5.41) is 3.53. The van der Waals surface area contributed by atoms with Crippen LogP contribution in [0.25, 0.3) is 0 Å². The van der Waals surface area contributed by atoms with E-state index < -0.39 is 0 Å². The number of nitrogens with zero attached hydrogens (tertiary/aromatic N) is 3. The Morgan fingerprint density at radius 2 is 2.12 bits per heavy atom. The molecule has 0 aliphatic carbocycles. The molecule has 1 unspecified atom stereocenters. The number of hydrogen-bond donors (Lipinski definition) is 1. The first-order chi connectivity index (χ1) is 11.7. The summed E-state index contributed by atoms with van der Waals surface area (Å²) in [6.07, 6.45) is 2.42. The molecule has 1 aromatic carbocycles. The van der Waals surface area contributed by atoms with E-state index in [0.29, 0.717) is 5.41 Å². The van der Waals surface area contributed by atoms with Gasteiger partial charge in [-0.1, -0.05) is 30.3 Å². The predicted molar refractivity (Wildman–Crippen MR) is 114 cm³/mol. The number of nitrogens with one attached hydrogen (secondary N) is 1. The summed E-state index contributed by atoms with van der Waals surface area (Å²) in [7, 11) is 4.05. The van der Waals surface area contributed by atoms with Gasteiger partial charge in [0.15, 0.2) is 5.96 Å². The van der Waals surface area contributed by atoms with Crippen LogP contribution in [-0.4, -0.2) is 69.2 Å². The van der Waals surface area contributed by atoms with Crippen molar-refractivity contribution in [2.75, 3.05) is 53.5 Å². The fourth-order valence-corrected chi connectivity index (χ4v) is 3.75. The molecule has 140 valence electrons. The van der Waals surface area contributed by atoms with E-state index in [1.807, 2.05) is 7.05 Å². The van der Waals surface area contributed by atoms with Crippen LogP contribution in [-0.2, 0) is 11.3 Å². The molecule has 0 radical (unpaired) electrons. The van der Waals surface area contributed by atoms with Crippen molar-refractivity contribution in [2.24, 2.45) is 10.4 Å². The smallest absolute Gasteiger partial charge is 0.193 e. The van der Waals surface area contributed by atoms with Crippen LogP contribution >= 0.6 is 24.0 Å². The van der Waals surface area contributed by atoms with Crippen molar-refractivity contribution >= 4 is 29.9 Å². The van der Waals surface area contributed by atoms with Gasteiger partial charge in [-0.2, -0.15) is 0 Å². The number of rotatable bonds is 5. The normalized spacial score (nSPS) is 23.3. The molecule has 0 saturated carbocycles. The summed E-state index contributed by atoms with van der Waals surface area (Å²) in [5.41, 5.74) is 1.73. The molecule has 3 rings (SSSR count). The van der Waals surface area contributed by atoms with Crippen molar-refractivity contribution in [3.63, 3.8) is 0 Å². The van der Waals surface area contributed by atoms with Crippen LogP contribution in [0.5, 0.6) is 0 Å². The molecule has 1 aromatic rings. The van der Waals surface area contributed by atoms with E-state index in [1.165, 1.54) is 18.4 Å².